The van der Waals surface area contributed by atoms with Crippen LogP contribution in [0.1, 0.15) is 83.5 Å². The van der Waals surface area contributed by atoms with E-state index in [2.05, 4.69) is 26.8 Å². The van der Waals surface area contributed by atoms with Crippen molar-refractivity contribution in [3.8, 4) is 0 Å². The molecule has 2 saturated carbocycles. The molecule has 5 heterocycles. The SMILES string of the molecule is COC1CCC(C2NN([C@@H]3C[C@H]4C(=O)N[C@]5(C(=O)O)C[C@H]5/C=C\CCCCC[C@H](NC(=O)C5CCCN5C)C(=O)N4C3)NC2C2NCCS2)CC1. The molecule has 0 spiro atoms. The number of aliphatic carboxylic acids is 1. The number of carboxylic acids is 1. The van der Waals surface area contributed by atoms with Gasteiger partial charge in [-0.1, -0.05) is 25.0 Å². The summed E-state index contributed by atoms with van der Waals surface area (Å²) in [7, 11) is 3.73. The predicted octanol–water partition coefficient (Wildman–Crippen LogP) is 0.944. The van der Waals surface area contributed by atoms with Crippen LogP contribution in [-0.4, -0.2) is 137 Å². The van der Waals surface area contributed by atoms with E-state index in [9.17, 15) is 24.3 Å². The van der Waals surface area contributed by atoms with Crippen LogP contribution in [0.3, 0.4) is 0 Å². The highest BCUT2D eigenvalue weighted by Crippen LogP contribution is 2.45. The number of carboxylic acid groups (broad SMARTS) is 1. The Labute approximate surface area is 305 Å². The third-order valence-corrected chi connectivity index (χ3v) is 14.0. The Kier molecular flexibility index (Phi) is 11.6. The van der Waals surface area contributed by atoms with Crippen molar-refractivity contribution in [1.82, 2.24) is 41.7 Å². The minimum Gasteiger partial charge on any atom is -0.479 e. The summed E-state index contributed by atoms with van der Waals surface area (Å²) in [5, 5.41) is 22.2. The van der Waals surface area contributed by atoms with Gasteiger partial charge in [0.25, 0.3) is 0 Å². The molecular weight excluding hydrogens is 673 g/mol. The van der Waals surface area contributed by atoms with Gasteiger partial charge in [-0.05, 0) is 90.1 Å². The third-order valence-electron chi connectivity index (χ3n) is 12.7. The topological polar surface area (TPSA) is 168 Å². The maximum Gasteiger partial charge on any atom is 0.330 e. The lowest BCUT2D eigenvalue weighted by Gasteiger charge is -2.35. The zero-order valence-corrected chi connectivity index (χ0v) is 31.0. The fourth-order valence-corrected chi connectivity index (χ4v) is 10.7. The van der Waals surface area contributed by atoms with Crippen molar-refractivity contribution in [3.05, 3.63) is 12.2 Å². The lowest BCUT2D eigenvalue weighted by Crippen LogP contribution is -2.57. The van der Waals surface area contributed by atoms with Crippen LogP contribution >= 0.6 is 11.8 Å². The number of amides is 3. The van der Waals surface area contributed by atoms with E-state index in [0.717, 1.165) is 83.1 Å². The van der Waals surface area contributed by atoms with E-state index in [1.165, 1.54) is 0 Å². The highest BCUT2D eigenvalue weighted by Gasteiger charge is 2.62. The maximum atomic E-state index is 14.7. The number of methoxy groups -OCH3 is 1. The van der Waals surface area contributed by atoms with Gasteiger partial charge in [0.05, 0.1) is 29.6 Å². The zero-order valence-electron chi connectivity index (χ0n) is 30.2. The van der Waals surface area contributed by atoms with Gasteiger partial charge in [-0.2, -0.15) is 5.12 Å². The van der Waals surface area contributed by atoms with Crippen LogP contribution in [0.4, 0.5) is 0 Å². The zero-order chi connectivity index (χ0) is 35.7. The molecule has 15 heteroatoms. The molecule has 51 heavy (non-hydrogen) atoms. The number of carbonyl (C=O) groups excluding carboxylic acids is 3. The molecule has 6 fully saturated rings. The minimum absolute atomic E-state index is 0.119. The van der Waals surface area contributed by atoms with Crippen molar-refractivity contribution < 1.29 is 29.0 Å². The number of thioether (sulfide) groups is 1. The van der Waals surface area contributed by atoms with Gasteiger partial charge >= 0.3 is 5.97 Å². The lowest BCUT2D eigenvalue weighted by molar-refractivity contribution is -0.146. The van der Waals surface area contributed by atoms with Crippen molar-refractivity contribution in [2.45, 2.75) is 137 Å². The Balaban J connectivity index is 1.14. The lowest BCUT2D eigenvalue weighted by atomic mass is 9.80. The fourth-order valence-electron chi connectivity index (χ4n) is 9.52. The summed E-state index contributed by atoms with van der Waals surface area (Å²) in [4.78, 5) is 58.7. The summed E-state index contributed by atoms with van der Waals surface area (Å²) in [6, 6.07) is -1.88. The molecule has 0 radical (unpaired) electrons. The first kappa shape index (κ1) is 37.1. The van der Waals surface area contributed by atoms with Crippen molar-refractivity contribution >= 4 is 35.5 Å². The number of likely N-dealkylation sites (N-methyl/N-ethyl adjacent to an activating group) is 1. The van der Waals surface area contributed by atoms with Crippen molar-refractivity contribution in [2.75, 3.05) is 39.5 Å². The van der Waals surface area contributed by atoms with Gasteiger partial charge in [0.1, 0.15) is 17.6 Å². The summed E-state index contributed by atoms with van der Waals surface area (Å²) in [6.07, 6.45) is 14.6. The molecule has 4 saturated heterocycles. The molecule has 3 amide bonds. The fraction of sp³-hybridized carbons (Fsp3) is 0.833. The molecule has 14 nitrogen and oxygen atoms in total. The van der Waals surface area contributed by atoms with E-state index in [1.807, 2.05) is 41.0 Å². The standard InChI is InChI=1S/C36H58N8O6S/c1-42-17-8-11-27(42)31(45)38-26-10-7-5-3-4-6-9-23-20-36(23,35(48)49)39-32(46)28-19-24(21-43(28)34(26)47)44-40-29(22-12-14-25(50-2)15-13-22)30(41-44)33-37-16-18-51-33/h6,9,22-30,33,37,40-41H,3-5,7-8,10-21H2,1-2H3,(H,38,45)(H,39,46)(H,48,49)/b9-6-/t22?,23-,24-,25?,26+,27?,28+,29?,30?,33?,36-/m1/s1. The Morgan fingerprint density at radius 1 is 1.04 bits per heavy atom. The number of nitrogens with one attached hydrogen (secondary N) is 5. The van der Waals surface area contributed by atoms with E-state index in [1.54, 1.807) is 12.0 Å². The molecule has 6 N–H and O–H groups in total. The Morgan fingerprint density at radius 3 is 2.55 bits per heavy atom. The summed E-state index contributed by atoms with van der Waals surface area (Å²) >= 11 is 1.92. The second-order valence-electron chi connectivity index (χ2n) is 15.9. The van der Waals surface area contributed by atoms with Crippen molar-refractivity contribution in [1.29, 1.82) is 0 Å². The van der Waals surface area contributed by atoms with Gasteiger partial charge < -0.3 is 30.7 Å². The third kappa shape index (κ3) is 7.85. The van der Waals surface area contributed by atoms with Crippen LogP contribution in [-0.2, 0) is 23.9 Å². The molecule has 7 aliphatic rings. The summed E-state index contributed by atoms with van der Waals surface area (Å²) < 4.78 is 5.67. The number of carbonyl (C=O) groups is 4. The summed E-state index contributed by atoms with van der Waals surface area (Å²) in [5.41, 5.74) is 6.22. The number of likely N-dealkylation sites (tertiary alicyclic amines) is 1. The minimum atomic E-state index is -1.37. The number of fused-ring (bicyclic) bond motifs is 2. The van der Waals surface area contributed by atoms with Crippen LogP contribution in [0.5, 0.6) is 0 Å². The smallest absolute Gasteiger partial charge is 0.330 e. The number of hydrogen-bond acceptors (Lipinski definition) is 11. The molecular formula is C36H58N8O6S. The molecule has 5 aliphatic heterocycles. The normalized spacial score (nSPS) is 42.0. The molecule has 0 aromatic heterocycles. The van der Waals surface area contributed by atoms with Gasteiger partial charge in [0.15, 0.2) is 0 Å². The van der Waals surface area contributed by atoms with E-state index in [0.29, 0.717) is 31.3 Å². The number of rotatable bonds is 7. The van der Waals surface area contributed by atoms with Crippen LogP contribution in [0.2, 0.25) is 0 Å². The van der Waals surface area contributed by atoms with Gasteiger partial charge in [0.2, 0.25) is 17.7 Å². The van der Waals surface area contributed by atoms with Crippen molar-refractivity contribution in [3.63, 3.8) is 0 Å². The average molecular weight is 731 g/mol. The number of allylic oxidation sites excluding steroid dienone is 1. The molecule has 4 unspecified atom stereocenters. The molecule has 284 valence electrons. The summed E-state index contributed by atoms with van der Waals surface area (Å²) in [5.74, 6) is -0.699. The van der Waals surface area contributed by atoms with E-state index >= 15 is 0 Å². The van der Waals surface area contributed by atoms with E-state index < -0.39 is 29.5 Å². The molecule has 2 aliphatic carbocycles. The van der Waals surface area contributed by atoms with E-state index in [-0.39, 0.29) is 53.8 Å². The molecule has 7 rings (SSSR count). The number of hydrogen-bond donors (Lipinski definition) is 6. The second kappa shape index (κ2) is 16.0. The average Bonchev–Trinajstić information content (AvgIpc) is 3.73. The van der Waals surface area contributed by atoms with Crippen LogP contribution in [0.25, 0.3) is 0 Å². The Morgan fingerprint density at radius 2 is 1.84 bits per heavy atom. The summed E-state index contributed by atoms with van der Waals surface area (Å²) in [6.45, 7) is 2.07. The Bertz CT molecular complexity index is 1330. The first-order valence-corrected chi connectivity index (χ1v) is 20.5. The first-order chi connectivity index (χ1) is 24.7. The monoisotopic (exact) mass is 730 g/mol. The highest BCUT2D eigenvalue weighted by atomic mass is 32.2. The first-order valence-electron chi connectivity index (χ1n) is 19.4. The maximum absolute atomic E-state index is 14.7. The number of hydrazine groups is 2. The second-order valence-corrected chi connectivity index (χ2v) is 17.2. The van der Waals surface area contributed by atoms with Gasteiger partial charge in [-0.3, -0.25) is 19.3 Å². The molecule has 0 aromatic rings. The van der Waals surface area contributed by atoms with Gasteiger partial charge in [-0.15, -0.1) is 11.8 Å². The van der Waals surface area contributed by atoms with Crippen LogP contribution in [0, 0.1) is 11.8 Å². The molecule has 0 bridgehead atoms. The van der Waals surface area contributed by atoms with Gasteiger partial charge in [0, 0.05) is 37.9 Å². The van der Waals surface area contributed by atoms with Crippen molar-refractivity contribution in [2.24, 2.45) is 11.8 Å². The number of nitrogens with zero attached hydrogens (tertiary/aromatic N) is 3. The predicted molar refractivity (Wildman–Crippen MR) is 193 cm³/mol. The number of ether oxygens (including phenoxy) is 1. The van der Waals surface area contributed by atoms with Crippen LogP contribution in [0.15, 0.2) is 12.2 Å². The Hall–Kier alpha value is -2.27. The molecule has 0 aromatic carbocycles. The molecule has 9 atom stereocenters. The van der Waals surface area contributed by atoms with Crippen LogP contribution < -0.4 is 26.8 Å². The highest BCUT2D eigenvalue weighted by molar-refractivity contribution is 8.00. The largest absolute Gasteiger partial charge is 0.479 e. The van der Waals surface area contributed by atoms with Gasteiger partial charge in [-0.25, -0.2) is 15.6 Å². The van der Waals surface area contributed by atoms with E-state index in [4.69, 9.17) is 4.74 Å². The quantitative estimate of drug-likeness (QED) is 0.206.